The Hall–Kier alpha value is -2.20. The first-order chi connectivity index (χ1) is 13.8. The normalized spacial score (nSPS) is 17.4. The van der Waals surface area contributed by atoms with Gasteiger partial charge in [-0.25, -0.2) is 13.4 Å². The lowest BCUT2D eigenvalue weighted by Gasteiger charge is -2.26. The van der Waals surface area contributed by atoms with Crippen LogP contribution >= 0.6 is 34.5 Å². The number of aromatic nitrogens is 1. The van der Waals surface area contributed by atoms with Crippen LogP contribution in [0.15, 0.2) is 52.7 Å². The molecule has 11 heteroatoms. The van der Waals surface area contributed by atoms with E-state index in [0.29, 0.717) is 33.0 Å². The number of amidine groups is 1. The molecule has 2 aromatic rings. The minimum Gasteiger partial charge on any atom is -0.330 e. The Morgan fingerprint density at radius 1 is 1.28 bits per heavy atom. The molecule has 0 spiro atoms. The Morgan fingerprint density at radius 3 is 2.93 bits per heavy atom. The van der Waals surface area contributed by atoms with Crippen LogP contribution in [0.4, 0.5) is 5.13 Å². The average molecular weight is 469 g/mol. The number of sulfonamides is 1. The molecule has 0 radical (unpaired) electrons. The van der Waals surface area contributed by atoms with Crippen molar-refractivity contribution in [1.29, 1.82) is 0 Å². The molecule has 150 valence electrons. The van der Waals surface area contributed by atoms with E-state index in [0.717, 1.165) is 10.4 Å². The zero-order chi connectivity index (χ0) is 20.6. The van der Waals surface area contributed by atoms with Crippen LogP contribution in [0.3, 0.4) is 0 Å². The summed E-state index contributed by atoms with van der Waals surface area (Å²) in [7, 11) is -3.43. The van der Waals surface area contributed by atoms with Crippen LogP contribution in [0.1, 0.15) is 10.4 Å². The van der Waals surface area contributed by atoms with Crippen LogP contribution in [-0.2, 0) is 21.2 Å². The summed E-state index contributed by atoms with van der Waals surface area (Å²) in [4.78, 5) is 19.4. The van der Waals surface area contributed by atoms with Crippen molar-refractivity contribution in [2.24, 2.45) is 4.40 Å². The number of halogens is 2. The molecule has 7 nitrogen and oxygen atoms in total. The molecule has 4 rings (SSSR count). The molecule has 0 unspecified atom stereocenters. The summed E-state index contributed by atoms with van der Waals surface area (Å²) < 4.78 is 26.8. The minimum absolute atomic E-state index is 0.0857. The van der Waals surface area contributed by atoms with Gasteiger partial charge in [0.2, 0.25) is 0 Å². The van der Waals surface area contributed by atoms with E-state index in [1.165, 1.54) is 23.5 Å². The predicted octanol–water partition coefficient (Wildman–Crippen LogP) is 3.48. The van der Waals surface area contributed by atoms with Crippen molar-refractivity contribution in [2.45, 2.75) is 6.42 Å². The van der Waals surface area contributed by atoms with E-state index in [-0.39, 0.29) is 18.2 Å². The van der Waals surface area contributed by atoms with Crippen molar-refractivity contribution >= 4 is 61.4 Å². The highest BCUT2D eigenvalue weighted by Crippen LogP contribution is 2.27. The highest BCUT2D eigenvalue weighted by atomic mass is 35.5. The topological polar surface area (TPSA) is 91.7 Å². The fourth-order valence-electron chi connectivity index (χ4n) is 2.82. The van der Waals surface area contributed by atoms with E-state index in [4.69, 9.17) is 23.2 Å². The summed E-state index contributed by atoms with van der Waals surface area (Å²) in [5.41, 5.74) is 1.27. The quantitative estimate of drug-likeness (QED) is 0.741. The zero-order valence-corrected chi connectivity index (χ0v) is 17.9. The second-order valence-corrected chi connectivity index (χ2v) is 10.1. The monoisotopic (exact) mass is 468 g/mol. The van der Waals surface area contributed by atoms with E-state index in [1.54, 1.807) is 35.5 Å². The maximum Gasteiger partial charge on any atom is 0.258 e. The van der Waals surface area contributed by atoms with Crippen LogP contribution < -0.4 is 5.32 Å². The number of anilines is 1. The molecule has 0 bridgehead atoms. The standard InChI is InChI=1S/C18H14Cl2N4O3S2/c19-13-2-3-15(20)12(7-13)8-14-9-21-18(28-14)22-17(25)11-1-4-16-23-29(26,27)6-5-24(16)10-11/h1-4,7,9-10H,5-6,8H2,(H,21,22,25). The van der Waals surface area contributed by atoms with Gasteiger partial charge in [0.25, 0.3) is 15.9 Å². The number of rotatable bonds is 4. The van der Waals surface area contributed by atoms with Gasteiger partial charge in [0.1, 0.15) is 5.84 Å². The van der Waals surface area contributed by atoms with Gasteiger partial charge >= 0.3 is 0 Å². The van der Waals surface area contributed by atoms with Crippen LogP contribution in [0.5, 0.6) is 0 Å². The molecule has 2 aliphatic rings. The molecule has 0 fully saturated rings. The molecule has 3 heterocycles. The Morgan fingerprint density at radius 2 is 2.10 bits per heavy atom. The van der Waals surface area contributed by atoms with Gasteiger partial charge in [-0.2, -0.15) is 0 Å². The number of hydrogen-bond donors (Lipinski definition) is 1. The van der Waals surface area contributed by atoms with Crippen LogP contribution in [0.25, 0.3) is 0 Å². The molecule has 1 N–H and O–H groups in total. The summed E-state index contributed by atoms with van der Waals surface area (Å²) in [5, 5.41) is 4.44. The van der Waals surface area contributed by atoms with Gasteiger partial charge in [0.05, 0.1) is 11.3 Å². The number of hydrogen-bond acceptors (Lipinski definition) is 6. The molecule has 1 aromatic heterocycles. The molecule has 0 aliphatic carbocycles. The number of carbonyl (C=O) groups excluding carboxylic acids is 1. The van der Waals surface area contributed by atoms with E-state index in [2.05, 4.69) is 14.7 Å². The first kappa shape index (κ1) is 20.1. The van der Waals surface area contributed by atoms with Crippen molar-refractivity contribution in [1.82, 2.24) is 9.88 Å². The Balaban J connectivity index is 1.44. The number of nitrogens with zero attached hydrogens (tertiary/aromatic N) is 3. The first-order valence-corrected chi connectivity index (χ1v) is 11.7. The van der Waals surface area contributed by atoms with Gasteiger partial charge in [-0.05, 0) is 35.9 Å². The second-order valence-electron chi connectivity index (χ2n) is 6.35. The smallest absolute Gasteiger partial charge is 0.258 e. The highest BCUT2D eigenvalue weighted by Gasteiger charge is 2.25. The maximum absolute atomic E-state index is 12.5. The average Bonchev–Trinajstić information content (AvgIpc) is 3.10. The third-order valence-electron chi connectivity index (χ3n) is 4.23. The summed E-state index contributed by atoms with van der Waals surface area (Å²) in [5.74, 6) is -0.115. The largest absolute Gasteiger partial charge is 0.330 e. The van der Waals surface area contributed by atoms with Crippen molar-refractivity contribution in [3.05, 3.63) is 68.8 Å². The van der Waals surface area contributed by atoms with Gasteiger partial charge in [0, 0.05) is 40.3 Å². The Bertz CT molecular complexity index is 1190. The summed E-state index contributed by atoms with van der Waals surface area (Å²) >= 11 is 13.6. The molecule has 0 saturated carbocycles. The molecular formula is C18H14Cl2N4O3S2. The maximum atomic E-state index is 12.5. The highest BCUT2D eigenvalue weighted by molar-refractivity contribution is 7.90. The van der Waals surface area contributed by atoms with Gasteiger partial charge < -0.3 is 4.90 Å². The first-order valence-electron chi connectivity index (χ1n) is 8.48. The Labute approximate surface area is 181 Å². The number of nitrogens with one attached hydrogen (secondary N) is 1. The molecule has 1 amide bonds. The lowest BCUT2D eigenvalue weighted by atomic mass is 10.1. The lowest BCUT2D eigenvalue weighted by Crippen LogP contribution is -2.37. The predicted molar refractivity (Wildman–Crippen MR) is 115 cm³/mol. The fraction of sp³-hybridized carbons (Fsp3) is 0.167. The summed E-state index contributed by atoms with van der Waals surface area (Å²) in [6.07, 6.45) is 6.87. The molecule has 0 atom stereocenters. The van der Waals surface area contributed by atoms with Crippen molar-refractivity contribution in [3.8, 4) is 0 Å². The van der Waals surface area contributed by atoms with Gasteiger partial charge in [-0.15, -0.1) is 15.7 Å². The van der Waals surface area contributed by atoms with Gasteiger partial charge in [-0.3, -0.25) is 10.1 Å². The lowest BCUT2D eigenvalue weighted by molar-refractivity contribution is -0.112. The van der Waals surface area contributed by atoms with E-state index >= 15 is 0 Å². The second kappa shape index (κ2) is 7.91. The number of thiazole rings is 1. The number of amides is 1. The minimum atomic E-state index is -3.43. The fourth-order valence-corrected chi connectivity index (χ4v) is 5.00. The SMILES string of the molecule is O=C(Nc1ncc(Cc2cc(Cl)ccc2Cl)s1)C1=CN2CCS(=O)(=O)N=C2C=C1. The van der Waals surface area contributed by atoms with Crippen LogP contribution in [0, 0.1) is 0 Å². The van der Waals surface area contributed by atoms with Crippen LogP contribution in [-0.4, -0.2) is 42.3 Å². The molecular weight excluding hydrogens is 455 g/mol. The third kappa shape index (κ3) is 4.69. The van der Waals surface area contributed by atoms with Crippen molar-refractivity contribution in [3.63, 3.8) is 0 Å². The van der Waals surface area contributed by atoms with Crippen molar-refractivity contribution < 1.29 is 13.2 Å². The van der Waals surface area contributed by atoms with E-state index in [1.807, 2.05) is 0 Å². The molecule has 2 aliphatic heterocycles. The summed E-state index contributed by atoms with van der Waals surface area (Å²) in [6, 6.07) is 5.27. The number of benzene rings is 1. The number of carbonyl (C=O) groups is 1. The molecule has 0 saturated heterocycles. The summed E-state index contributed by atoms with van der Waals surface area (Å²) in [6.45, 7) is 0.254. The van der Waals surface area contributed by atoms with E-state index in [9.17, 15) is 13.2 Å². The number of fused-ring (bicyclic) bond motifs is 1. The van der Waals surface area contributed by atoms with Gasteiger partial charge in [-0.1, -0.05) is 23.2 Å². The molecule has 29 heavy (non-hydrogen) atoms. The third-order valence-corrected chi connectivity index (χ3v) is 6.91. The molecule has 1 aromatic carbocycles. The van der Waals surface area contributed by atoms with Crippen LogP contribution in [0.2, 0.25) is 10.0 Å². The zero-order valence-electron chi connectivity index (χ0n) is 14.8. The Kier molecular flexibility index (Phi) is 5.48. The van der Waals surface area contributed by atoms with Gasteiger partial charge in [0.15, 0.2) is 5.13 Å². The van der Waals surface area contributed by atoms with Crippen molar-refractivity contribution in [2.75, 3.05) is 17.6 Å². The van der Waals surface area contributed by atoms with E-state index < -0.39 is 10.0 Å².